The van der Waals surface area contributed by atoms with Crippen molar-refractivity contribution in [2.24, 2.45) is 0 Å². The van der Waals surface area contributed by atoms with Gasteiger partial charge in [0, 0.05) is 5.56 Å². The van der Waals surface area contributed by atoms with Gasteiger partial charge in [-0.1, -0.05) is 32.9 Å². The zero-order valence-corrected chi connectivity index (χ0v) is 12.3. The predicted molar refractivity (Wildman–Crippen MR) is 74.2 cm³/mol. The molecule has 1 aliphatic rings. The van der Waals surface area contributed by atoms with Gasteiger partial charge in [-0.05, 0) is 29.5 Å². The summed E-state index contributed by atoms with van der Waals surface area (Å²) in [5.41, 5.74) is 3.59. The van der Waals surface area contributed by atoms with Crippen LogP contribution >= 0.6 is 11.6 Å². The third-order valence-electron chi connectivity index (χ3n) is 3.44. The van der Waals surface area contributed by atoms with Crippen molar-refractivity contribution in [1.82, 2.24) is 0 Å². The Morgan fingerprint density at radius 3 is 2.33 bits per heavy atom. The summed E-state index contributed by atoms with van der Waals surface area (Å²) in [5.74, 6) is -0.436. The molecule has 1 aromatic carbocycles. The normalized spacial score (nSPS) is 19.2. The van der Waals surface area contributed by atoms with Crippen LogP contribution in [0.3, 0.4) is 0 Å². The monoisotopic (exact) mass is 268 g/mol. The largest absolute Gasteiger partial charge is 0.342 e. The van der Waals surface area contributed by atoms with Gasteiger partial charge < -0.3 is 9.47 Å². The van der Waals surface area contributed by atoms with Crippen LogP contribution in [0.25, 0.3) is 0 Å². The predicted octanol–water partition coefficient (Wildman–Crippen LogP) is 3.73. The SMILES string of the molecule is Cc1ccc(C(C)(C)C)cc1C1(CCl)OCCO1. The van der Waals surface area contributed by atoms with E-state index in [0.29, 0.717) is 19.1 Å². The number of hydrogen-bond acceptors (Lipinski definition) is 2. The van der Waals surface area contributed by atoms with Gasteiger partial charge in [-0.15, -0.1) is 11.6 Å². The highest BCUT2D eigenvalue weighted by molar-refractivity contribution is 6.18. The topological polar surface area (TPSA) is 18.5 Å². The zero-order chi connectivity index (χ0) is 13.4. The molecule has 0 radical (unpaired) electrons. The smallest absolute Gasteiger partial charge is 0.209 e. The van der Waals surface area contributed by atoms with Crippen LogP contribution in [-0.2, 0) is 20.7 Å². The zero-order valence-electron chi connectivity index (χ0n) is 11.5. The summed E-state index contributed by atoms with van der Waals surface area (Å²) in [7, 11) is 0. The quantitative estimate of drug-likeness (QED) is 0.761. The minimum atomic E-state index is -0.757. The average Bonchev–Trinajstić information content (AvgIpc) is 2.77. The lowest BCUT2D eigenvalue weighted by Gasteiger charge is -2.29. The molecule has 0 aliphatic carbocycles. The fourth-order valence-corrected chi connectivity index (χ4v) is 2.56. The van der Waals surface area contributed by atoms with Crippen LogP contribution in [0, 0.1) is 6.92 Å². The molecule has 0 atom stereocenters. The molecule has 0 saturated carbocycles. The maximum Gasteiger partial charge on any atom is 0.209 e. The van der Waals surface area contributed by atoms with Crippen molar-refractivity contribution in [3.63, 3.8) is 0 Å². The highest BCUT2D eigenvalue weighted by Gasteiger charge is 2.39. The van der Waals surface area contributed by atoms with Crippen LogP contribution < -0.4 is 0 Å². The number of ether oxygens (including phenoxy) is 2. The number of rotatable bonds is 2. The summed E-state index contributed by atoms with van der Waals surface area (Å²) in [6.45, 7) is 9.88. The van der Waals surface area contributed by atoms with E-state index in [1.165, 1.54) is 5.56 Å². The van der Waals surface area contributed by atoms with Gasteiger partial charge in [-0.3, -0.25) is 0 Å². The molecular formula is C15H21ClO2. The Balaban J connectivity index is 2.49. The Bertz CT molecular complexity index is 429. The van der Waals surface area contributed by atoms with Crippen LogP contribution in [0.1, 0.15) is 37.5 Å². The standard InChI is InChI=1S/C15H21ClO2/c1-11-5-6-12(14(2,3)4)9-13(11)15(10-16)17-7-8-18-15/h5-6,9H,7-8,10H2,1-4H3. The van der Waals surface area contributed by atoms with Crippen molar-refractivity contribution in [2.75, 3.05) is 19.1 Å². The number of benzene rings is 1. The summed E-state index contributed by atoms with van der Waals surface area (Å²) in [5, 5.41) is 0. The molecule has 0 unspecified atom stereocenters. The molecule has 0 N–H and O–H groups in total. The Labute approximate surface area is 114 Å². The van der Waals surface area contributed by atoms with Crippen molar-refractivity contribution in [2.45, 2.75) is 38.9 Å². The fraction of sp³-hybridized carbons (Fsp3) is 0.600. The molecule has 0 bridgehead atoms. The maximum absolute atomic E-state index is 6.09. The highest BCUT2D eigenvalue weighted by Crippen LogP contribution is 2.37. The molecule has 0 amide bonds. The molecule has 100 valence electrons. The highest BCUT2D eigenvalue weighted by atomic mass is 35.5. The van der Waals surface area contributed by atoms with E-state index in [1.54, 1.807) is 0 Å². The first-order chi connectivity index (χ1) is 8.39. The molecule has 0 aromatic heterocycles. The molecule has 1 heterocycles. The van der Waals surface area contributed by atoms with Gasteiger partial charge in [-0.2, -0.15) is 0 Å². The van der Waals surface area contributed by atoms with Crippen LogP contribution in [0.15, 0.2) is 18.2 Å². The molecule has 18 heavy (non-hydrogen) atoms. The van der Waals surface area contributed by atoms with Crippen LogP contribution in [0.2, 0.25) is 0 Å². The van der Waals surface area contributed by atoms with Crippen molar-refractivity contribution < 1.29 is 9.47 Å². The molecular weight excluding hydrogens is 248 g/mol. The second kappa shape index (κ2) is 4.84. The Hall–Kier alpha value is -0.570. The summed E-state index contributed by atoms with van der Waals surface area (Å²) in [4.78, 5) is 0. The number of hydrogen-bond donors (Lipinski definition) is 0. The van der Waals surface area contributed by atoms with E-state index < -0.39 is 5.79 Å². The molecule has 1 saturated heterocycles. The van der Waals surface area contributed by atoms with Crippen LogP contribution in [0.4, 0.5) is 0 Å². The van der Waals surface area contributed by atoms with Crippen LogP contribution in [-0.4, -0.2) is 19.1 Å². The second-order valence-corrected chi connectivity index (χ2v) is 6.13. The fourth-order valence-electron chi connectivity index (χ4n) is 2.26. The van der Waals surface area contributed by atoms with Gasteiger partial charge in [0.15, 0.2) is 0 Å². The first-order valence-corrected chi connectivity index (χ1v) is 6.88. The van der Waals surface area contributed by atoms with Gasteiger partial charge in [0.1, 0.15) is 0 Å². The average molecular weight is 269 g/mol. The Morgan fingerprint density at radius 2 is 1.83 bits per heavy atom. The molecule has 1 aliphatic heterocycles. The van der Waals surface area contributed by atoms with Gasteiger partial charge in [0.2, 0.25) is 5.79 Å². The molecule has 1 aromatic rings. The van der Waals surface area contributed by atoms with E-state index in [4.69, 9.17) is 21.1 Å². The van der Waals surface area contributed by atoms with Crippen molar-refractivity contribution in [1.29, 1.82) is 0 Å². The van der Waals surface area contributed by atoms with Crippen molar-refractivity contribution in [3.8, 4) is 0 Å². The van der Waals surface area contributed by atoms with Gasteiger partial charge >= 0.3 is 0 Å². The summed E-state index contributed by atoms with van der Waals surface area (Å²) in [6.07, 6.45) is 0. The Morgan fingerprint density at radius 1 is 1.22 bits per heavy atom. The minimum absolute atomic E-state index is 0.106. The molecule has 0 spiro atoms. The summed E-state index contributed by atoms with van der Waals surface area (Å²) >= 11 is 6.09. The van der Waals surface area contributed by atoms with Gasteiger partial charge in [0.25, 0.3) is 0 Å². The number of aryl methyl sites for hydroxylation is 1. The lowest BCUT2D eigenvalue weighted by molar-refractivity contribution is -0.146. The van der Waals surface area contributed by atoms with E-state index in [2.05, 4.69) is 45.9 Å². The molecule has 2 rings (SSSR count). The van der Waals surface area contributed by atoms with E-state index in [9.17, 15) is 0 Å². The maximum atomic E-state index is 6.09. The van der Waals surface area contributed by atoms with Gasteiger partial charge in [0.05, 0.1) is 19.1 Å². The second-order valence-electron chi connectivity index (χ2n) is 5.86. The van der Waals surface area contributed by atoms with E-state index >= 15 is 0 Å². The van der Waals surface area contributed by atoms with Crippen molar-refractivity contribution in [3.05, 3.63) is 34.9 Å². The Kier molecular flexibility index (Phi) is 3.72. The van der Waals surface area contributed by atoms with Crippen molar-refractivity contribution >= 4 is 11.6 Å². The van der Waals surface area contributed by atoms with E-state index in [1.807, 2.05) is 0 Å². The third-order valence-corrected chi connectivity index (χ3v) is 3.80. The lowest BCUT2D eigenvalue weighted by atomic mass is 9.84. The number of halogens is 1. The molecule has 1 fully saturated rings. The third kappa shape index (κ3) is 2.42. The van der Waals surface area contributed by atoms with Gasteiger partial charge in [-0.25, -0.2) is 0 Å². The van der Waals surface area contributed by atoms with E-state index in [0.717, 1.165) is 11.1 Å². The first kappa shape index (κ1) is 13.9. The minimum Gasteiger partial charge on any atom is -0.342 e. The van der Waals surface area contributed by atoms with Crippen LogP contribution in [0.5, 0.6) is 0 Å². The van der Waals surface area contributed by atoms with E-state index in [-0.39, 0.29) is 5.41 Å². The molecule has 3 heteroatoms. The number of alkyl halides is 1. The summed E-state index contributed by atoms with van der Waals surface area (Å²) in [6, 6.07) is 6.45. The molecule has 2 nitrogen and oxygen atoms in total. The lowest BCUT2D eigenvalue weighted by Crippen LogP contribution is -2.31. The summed E-state index contributed by atoms with van der Waals surface area (Å²) < 4.78 is 11.5. The first-order valence-electron chi connectivity index (χ1n) is 6.34.